The highest BCUT2D eigenvalue weighted by Crippen LogP contribution is 2.12. The van der Waals surface area contributed by atoms with E-state index in [0.29, 0.717) is 5.69 Å². The summed E-state index contributed by atoms with van der Waals surface area (Å²) in [5, 5.41) is 8.76. The summed E-state index contributed by atoms with van der Waals surface area (Å²) in [5.74, 6) is 0. The summed E-state index contributed by atoms with van der Waals surface area (Å²) in [6.07, 6.45) is 2.49. The van der Waals surface area contributed by atoms with Gasteiger partial charge in [-0.05, 0) is 12.1 Å². The predicted molar refractivity (Wildman–Crippen MR) is 48.7 cm³/mol. The van der Waals surface area contributed by atoms with Crippen LogP contribution in [0.2, 0.25) is 0 Å². The van der Waals surface area contributed by atoms with Gasteiger partial charge in [-0.1, -0.05) is 0 Å². The Hall–Kier alpha value is -0.850. The van der Waals surface area contributed by atoms with Gasteiger partial charge in [0.05, 0.1) is 24.6 Å². The van der Waals surface area contributed by atoms with Crippen LogP contribution < -0.4 is 5.73 Å². The Morgan fingerprint density at radius 3 is 2.77 bits per heavy atom. The Balaban J connectivity index is 3.18. The number of nitrogens with two attached hydrogens (primary N) is 1. The molecule has 0 radical (unpaired) electrons. The first-order valence-corrected chi connectivity index (χ1v) is 5.56. The molecule has 13 heavy (non-hydrogen) atoms. The molecule has 1 aromatic rings. The first-order valence-electron chi connectivity index (χ1n) is 3.71. The van der Waals surface area contributed by atoms with Crippen LogP contribution in [-0.2, 0) is 10.0 Å². The van der Waals surface area contributed by atoms with Crippen molar-refractivity contribution < 1.29 is 13.5 Å². The van der Waals surface area contributed by atoms with Crippen LogP contribution in [0.4, 0.5) is 0 Å². The zero-order valence-corrected chi connectivity index (χ0v) is 8.03. The summed E-state index contributed by atoms with van der Waals surface area (Å²) >= 11 is 0. The first kappa shape index (κ1) is 10.2. The average Bonchev–Trinajstić information content (AvgIpc) is 2.49. The molecular weight excluding hydrogens is 192 g/mol. The minimum atomic E-state index is -3.32. The Labute approximate surface area is 76.8 Å². The fourth-order valence-electron chi connectivity index (χ4n) is 1.06. The van der Waals surface area contributed by atoms with Crippen molar-refractivity contribution in [1.29, 1.82) is 0 Å². The maximum Gasteiger partial charge on any atom is 0.235 e. The van der Waals surface area contributed by atoms with E-state index in [1.54, 1.807) is 12.1 Å². The van der Waals surface area contributed by atoms with Crippen LogP contribution in [0.3, 0.4) is 0 Å². The summed E-state index contributed by atoms with van der Waals surface area (Å²) in [6.45, 7) is -0.278. The van der Waals surface area contributed by atoms with Gasteiger partial charge < -0.3 is 10.8 Å². The molecule has 1 aromatic heterocycles. The summed E-state index contributed by atoms with van der Waals surface area (Å²) in [4.78, 5) is 0. The predicted octanol–water partition coefficient (Wildman–Crippen LogP) is -0.712. The van der Waals surface area contributed by atoms with Crippen molar-refractivity contribution in [3.05, 3.63) is 24.0 Å². The van der Waals surface area contributed by atoms with E-state index in [-0.39, 0.29) is 6.61 Å². The molecule has 74 valence electrons. The maximum atomic E-state index is 11.2. The number of aromatic nitrogens is 1. The molecule has 3 N–H and O–H groups in total. The van der Waals surface area contributed by atoms with Gasteiger partial charge >= 0.3 is 0 Å². The van der Waals surface area contributed by atoms with Crippen LogP contribution in [-0.4, -0.2) is 30.4 Å². The number of rotatable bonds is 3. The Morgan fingerprint density at radius 2 is 2.31 bits per heavy atom. The molecule has 6 heteroatoms. The highest BCUT2D eigenvalue weighted by Gasteiger charge is 2.14. The van der Waals surface area contributed by atoms with E-state index in [4.69, 9.17) is 10.8 Å². The number of aliphatic hydroxyl groups excluding tert-OH is 1. The molecule has 0 bridgehead atoms. The summed E-state index contributed by atoms with van der Waals surface area (Å²) in [5.41, 5.74) is 5.89. The van der Waals surface area contributed by atoms with Gasteiger partial charge in [0.2, 0.25) is 10.0 Å². The van der Waals surface area contributed by atoms with Crippen LogP contribution in [0.5, 0.6) is 0 Å². The third kappa shape index (κ3) is 2.09. The standard InChI is InChI=1S/C7H12N2O3S/c1-13(11,12)9-4-2-3-7(9)6(8)5-10/h2-4,6,10H,5,8H2,1H3. The Kier molecular flexibility index (Phi) is 2.74. The molecule has 0 aliphatic carbocycles. The lowest BCUT2D eigenvalue weighted by atomic mass is 10.2. The van der Waals surface area contributed by atoms with Gasteiger partial charge in [-0.3, -0.25) is 0 Å². The normalized spacial score (nSPS) is 14.4. The molecule has 0 aliphatic heterocycles. The Morgan fingerprint density at radius 1 is 1.69 bits per heavy atom. The molecule has 0 aliphatic rings. The minimum Gasteiger partial charge on any atom is -0.394 e. The monoisotopic (exact) mass is 204 g/mol. The second-order valence-electron chi connectivity index (χ2n) is 2.78. The Bertz CT molecular complexity index is 382. The molecular formula is C7H12N2O3S. The van der Waals surface area contributed by atoms with E-state index < -0.39 is 16.1 Å². The SMILES string of the molecule is CS(=O)(=O)n1cccc1C(N)CO. The second-order valence-corrected chi connectivity index (χ2v) is 4.64. The van der Waals surface area contributed by atoms with Gasteiger partial charge in [0.15, 0.2) is 0 Å². The molecule has 1 rings (SSSR count). The second kappa shape index (κ2) is 3.49. The number of aliphatic hydroxyl groups is 1. The zero-order chi connectivity index (χ0) is 10.1. The molecule has 0 aromatic carbocycles. The fraction of sp³-hybridized carbons (Fsp3) is 0.429. The van der Waals surface area contributed by atoms with E-state index >= 15 is 0 Å². The molecule has 0 saturated carbocycles. The molecule has 5 nitrogen and oxygen atoms in total. The smallest absolute Gasteiger partial charge is 0.235 e. The maximum absolute atomic E-state index is 11.2. The van der Waals surface area contributed by atoms with Crippen LogP contribution >= 0.6 is 0 Å². The lowest BCUT2D eigenvalue weighted by Crippen LogP contribution is -2.22. The number of hydrogen-bond acceptors (Lipinski definition) is 4. The van der Waals surface area contributed by atoms with E-state index in [9.17, 15) is 8.42 Å². The van der Waals surface area contributed by atoms with Crippen molar-refractivity contribution in [2.45, 2.75) is 6.04 Å². The van der Waals surface area contributed by atoms with Gasteiger partial charge in [0.1, 0.15) is 0 Å². The van der Waals surface area contributed by atoms with Gasteiger partial charge in [-0.25, -0.2) is 12.4 Å². The van der Waals surface area contributed by atoms with E-state index in [0.717, 1.165) is 10.2 Å². The topological polar surface area (TPSA) is 85.3 Å². The molecule has 1 heterocycles. The minimum absolute atomic E-state index is 0.278. The zero-order valence-electron chi connectivity index (χ0n) is 7.21. The van der Waals surface area contributed by atoms with Crippen molar-refractivity contribution >= 4 is 10.0 Å². The average molecular weight is 204 g/mol. The van der Waals surface area contributed by atoms with Crippen LogP contribution in [0.15, 0.2) is 18.3 Å². The molecule has 0 saturated heterocycles. The number of nitrogens with zero attached hydrogens (tertiary/aromatic N) is 1. The lowest BCUT2D eigenvalue weighted by molar-refractivity contribution is 0.265. The van der Waals surface area contributed by atoms with E-state index in [1.165, 1.54) is 6.20 Å². The van der Waals surface area contributed by atoms with Gasteiger partial charge in [-0.15, -0.1) is 0 Å². The summed E-state index contributed by atoms with van der Waals surface area (Å²) in [6, 6.07) is 2.48. The fourth-order valence-corrected chi connectivity index (χ4v) is 1.93. The first-order chi connectivity index (χ1) is 5.96. The highest BCUT2D eigenvalue weighted by molar-refractivity contribution is 7.89. The van der Waals surface area contributed by atoms with Crippen molar-refractivity contribution in [2.24, 2.45) is 5.73 Å². The largest absolute Gasteiger partial charge is 0.394 e. The number of hydrogen-bond donors (Lipinski definition) is 2. The quantitative estimate of drug-likeness (QED) is 0.681. The van der Waals surface area contributed by atoms with Crippen molar-refractivity contribution in [3.63, 3.8) is 0 Å². The summed E-state index contributed by atoms with van der Waals surface area (Å²) < 4.78 is 23.4. The van der Waals surface area contributed by atoms with E-state index in [2.05, 4.69) is 0 Å². The van der Waals surface area contributed by atoms with Crippen molar-refractivity contribution in [3.8, 4) is 0 Å². The molecule has 0 spiro atoms. The van der Waals surface area contributed by atoms with E-state index in [1.807, 2.05) is 0 Å². The van der Waals surface area contributed by atoms with Crippen LogP contribution in [0, 0.1) is 0 Å². The molecule has 1 atom stereocenters. The third-order valence-corrected chi connectivity index (χ3v) is 2.72. The van der Waals surface area contributed by atoms with Gasteiger partial charge in [-0.2, -0.15) is 0 Å². The van der Waals surface area contributed by atoms with Crippen LogP contribution in [0.1, 0.15) is 11.7 Å². The van der Waals surface area contributed by atoms with Crippen molar-refractivity contribution in [2.75, 3.05) is 12.9 Å². The lowest BCUT2D eigenvalue weighted by Gasteiger charge is -2.11. The molecule has 1 unspecified atom stereocenters. The molecule has 0 amide bonds. The molecule has 0 fully saturated rings. The van der Waals surface area contributed by atoms with Gasteiger partial charge in [0, 0.05) is 6.20 Å². The van der Waals surface area contributed by atoms with Crippen molar-refractivity contribution in [1.82, 2.24) is 3.97 Å². The van der Waals surface area contributed by atoms with Crippen LogP contribution in [0.25, 0.3) is 0 Å². The summed E-state index contributed by atoms with van der Waals surface area (Å²) in [7, 11) is -3.32. The highest BCUT2D eigenvalue weighted by atomic mass is 32.2. The third-order valence-electron chi connectivity index (χ3n) is 1.68. The van der Waals surface area contributed by atoms with Gasteiger partial charge in [0.25, 0.3) is 0 Å².